The number of ether oxygens (including phenoxy) is 3. The first-order chi connectivity index (χ1) is 18.4. The van der Waals surface area contributed by atoms with Crippen LogP contribution in [0, 0.1) is 46.3 Å². The van der Waals surface area contributed by atoms with Gasteiger partial charge in [-0.05, 0) is 92.4 Å². The fraction of sp³-hybridized carbons (Fsp3) is 0.839. The molecule has 218 valence electrons. The van der Waals surface area contributed by atoms with Gasteiger partial charge in [0.2, 0.25) is 4.84 Å². The van der Waals surface area contributed by atoms with Crippen LogP contribution in [0.15, 0.2) is 11.3 Å². The summed E-state index contributed by atoms with van der Waals surface area (Å²) in [7, 11) is 0. The average Bonchev–Trinajstić information content (AvgIpc) is 3.35. The number of ketones is 1. The maximum absolute atomic E-state index is 14.1. The number of Topliss-reactive ketones (excluding diaryl/α,β-unsaturated/α-hetero) is 1. The summed E-state index contributed by atoms with van der Waals surface area (Å²) < 4.78 is 17.4. The molecule has 0 aromatic carbocycles. The van der Waals surface area contributed by atoms with Crippen molar-refractivity contribution >= 4 is 40.9 Å². The van der Waals surface area contributed by atoms with Crippen LogP contribution in [-0.4, -0.2) is 41.4 Å². The summed E-state index contributed by atoms with van der Waals surface area (Å²) >= 11 is 11.1. The van der Waals surface area contributed by atoms with Crippen molar-refractivity contribution in [2.45, 2.75) is 109 Å². The van der Waals surface area contributed by atoms with E-state index in [9.17, 15) is 14.4 Å². The third-order valence-corrected chi connectivity index (χ3v) is 11.9. The van der Waals surface area contributed by atoms with Gasteiger partial charge in [0, 0.05) is 31.1 Å². The van der Waals surface area contributed by atoms with Crippen molar-refractivity contribution in [1.82, 2.24) is 0 Å². The third-order valence-electron chi connectivity index (χ3n) is 11.6. The van der Waals surface area contributed by atoms with Crippen LogP contribution in [0.4, 0.5) is 0 Å². The van der Waals surface area contributed by atoms with Gasteiger partial charge < -0.3 is 14.2 Å². The number of rotatable bonds is 7. The number of allylic oxidation sites excluding steroid dienone is 1. The molecule has 10 atom stereocenters. The van der Waals surface area contributed by atoms with E-state index in [4.69, 9.17) is 37.4 Å². The Balaban J connectivity index is 1.27. The zero-order chi connectivity index (χ0) is 28.3. The molecular formula is C31H44Cl2O6. The normalized spacial score (nSPS) is 41.7. The second-order valence-corrected chi connectivity index (χ2v) is 14.7. The zero-order valence-electron chi connectivity index (χ0n) is 24.0. The highest BCUT2D eigenvalue weighted by molar-refractivity contribution is 6.52. The molecule has 0 bridgehead atoms. The fourth-order valence-corrected chi connectivity index (χ4v) is 9.70. The van der Waals surface area contributed by atoms with E-state index in [2.05, 4.69) is 20.8 Å². The summed E-state index contributed by atoms with van der Waals surface area (Å²) in [6.07, 6.45) is 8.49. The standard InChI is InChI=1S/C31H44Cl2O6/c1-16(15-37-29(36)28(32)33)6-9-24-17(2)27-25(39-24)13-23-21-8-7-19-12-20(38-18(3)34)10-11-30(19,4)22(21)14-26(35)31(23,27)5/h16,19-23,25,27-28H,6-15H2,1-5H3/t16-,19+,20+,21-,22+,23+,25+,27+,30+,31-/m1/s1. The van der Waals surface area contributed by atoms with Crippen LogP contribution in [-0.2, 0) is 28.6 Å². The van der Waals surface area contributed by atoms with E-state index in [-0.39, 0.29) is 47.4 Å². The Kier molecular flexibility index (Phi) is 8.13. The van der Waals surface area contributed by atoms with Crippen molar-refractivity contribution in [3.8, 4) is 0 Å². The van der Waals surface area contributed by atoms with Crippen LogP contribution in [0.5, 0.6) is 0 Å². The molecule has 1 aliphatic heterocycles. The van der Waals surface area contributed by atoms with E-state index in [1.54, 1.807) is 0 Å². The summed E-state index contributed by atoms with van der Waals surface area (Å²) in [5, 5.41) is 0. The molecule has 8 heteroatoms. The minimum Gasteiger partial charge on any atom is -0.494 e. The van der Waals surface area contributed by atoms with Gasteiger partial charge in [0.25, 0.3) is 0 Å². The Morgan fingerprint density at radius 2 is 1.87 bits per heavy atom. The fourth-order valence-electron chi connectivity index (χ4n) is 9.57. The molecule has 0 spiro atoms. The minimum atomic E-state index is -1.16. The number of hydrogen-bond acceptors (Lipinski definition) is 6. The number of halogens is 2. The van der Waals surface area contributed by atoms with Crippen LogP contribution in [0.25, 0.3) is 0 Å². The highest BCUT2D eigenvalue weighted by Gasteiger charge is 2.67. The van der Waals surface area contributed by atoms with Gasteiger partial charge in [-0.2, -0.15) is 0 Å². The summed E-state index contributed by atoms with van der Waals surface area (Å²) in [6.45, 7) is 10.6. The molecule has 0 radical (unpaired) electrons. The molecule has 0 aromatic heterocycles. The number of carbonyl (C=O) groups excluding carboxylic acids is 3. The zero-order valence-corrected chi connectivity index (χ0v) is 25.5. The molecule has 5 rings (SSSR count). The van der Waals surface area contributed by atoms with Crippen molar-refractivity contribution in [3.05, 3.63) is 11.3 Å². The number of alkyl halides is 2. The van der Waals surface area contributed by atoms with Crippen molar-refractivity contribution in [1.29, 1.82) is 0 Å². The number of carbonyl (C=O) groups is 3. The predicted molar refractivity (Wildman–Crippen MR) is 149 cm³/mol. The molecule has 4 saturated carbocycles. The average molecular weight is 584 g/mol. The van der Waals surface area contributed by atoms with Crippen molar-refractivity contribution in [3.63, 3.8) is 0 Å². The van der Waals surface area contributed by atoms with Crippen molar-refractivity contribution in [2.75, 3.05) is 6.61 Å². The van der Waals surface area contributed by atoms with Gasteiger partial charge in [-0.15, -0.1) is 0 Å². The van der Waals surface area contributed by atoms with Gasteiger partial charge in [-0.3, -0.25) is 9.59 Å². The van der Waals surface area contributed by atoms with Crippen LogP contribution >= 0.6 is 23.2 Å². The van der Waals surface area contributed by atoms with E-state index in [1.165, 1.54) is 12.5 Å². The van der Waals surface area contributed by atoms with Gasteiger partial charge in [0.1, 0.15) is 18.0 Å². The van der Waals surface area contributed by atoms with Crippen LogP contribution < -0.4 is 0 Å². The molecule has 4 aliphatic carbocycles. The monoisotopic (exact) mass is 582 g/mol. The van der Waals surface area contributed by atoms with E-state index in [0.29, 0.717) is 35.9 Å². The Bertz CT molecular complexity index is 1040. The largest absolute Gasteiger partial charge is 0.494 e. The number of esters is 2. The molecule has 0 unspecified atom stereocenters. The SMILES string of the molecule is CC(=O)O[C@H]1CC[C@@]2(C)[C@@H](CC[C@@H]3[C@@H]2CC(=O)[C@@]2(C)[C@H]3C[C@@H]3OC(CC[C@@H](C)COC(=O)C(Cl)Cl)=C(C)[C@@H]32)C1. The molecule has 6 nitrogen and oxygen atoms in total. The molecule has 5 aliphatic rings. The summed E-state index contributed by atoms with van der Waals surface area (Å²) in [5.41, 5.74) is 1.01. The topological polar surface area (TPSA) is 78.9 Å². The molecule has 39 heavy (non-hydrogen) atoms. The molecule has 0 saturated heterocycles. The number of hydrogen-bond donors (Lipinski definition) is 0. The van der Waals surface area contributed by atoms with Crippen LogP contribution in [0.1, 0.15) is 92.4 Å². The van der Waals surface area contributed by atoms with E-state index < -0.39 is 10.8 Å². The lowest BCUT2D eigenvalue weighted by molar-refractivity contribution is -0.165. The Hall–Kier alpha value is -1.27. The predicted octanol–water partition coefficient (Wildman–Crippen LogP) is 6.80. The van der Waals surface area contributed by atoms with E-state index >= 15 is 0 Å². The minimum absolute atomic E-state index is 0.0273. The highest BCUT2D eigenvalue weighted by atomic mass is 35.5. The Morgan fingerprint density at radius 3 is 2.56 bits per heavy atom. The quantitative estimate of drug-likeness (QED) is 0.242. The second-order valence-electron chi connectivity index (χ2n) is 13.6. The second kappa shape index (κ2) is 10.9. The summed E-state index contributed by atoms with van der Waals surface area (Å²) in [6, 6.07) is 0. The Labute approximate surface area is 242 Å². The molecule has 0 aromatic rings. The smallest absolute Gasteiger partial charge is 0.339 e. The lowest BCUT2D eigenvalue weighted by atomic mass is 9.44. The van der Waals surface area contributed by atoms with E-state index in [0.717, 1.165) is 57.1 Å². The van der Waals surface area contributed by atoms with Crippen LogP contribution in [0.2, 0.25) is 0 Å². The highest BCUT2D eigenvalue weighted by Crippen LogP contribution is 2.68. The first kappa shape index (κ1) is 29.2. The lowest BCUT2D eigenvalue weighted by Gasteiger charge is -2.60. The molecule has 4 fully saturated rings. The van der Waals surface area contributed by atoms with Crippen molar-refractivity contribution < 1.29 is 28.6 Å². The summed E-state index contributed by atoms with van der Waals surface area (Å²) in [4.78, 5) is 36.1. The summed E-state index contributed by atoms with van der Waals surface area (Å²) in [5.74, 6) is 2.78. The van der Waals surface area contributed by atoms with E-state index in [1.807, 2.05) is 6.92 Å². The van der Waals surface area contributed by atoms with Gasteiger partial charge >= 0.3 is 11.9 Å². The molecule has 0 amide bonds. The first-order valence-electron chi connectivity index (χ1n) is 14.9. The molecule has 0 N–H and O–H groups in total. The van der Waals surface area contributed by atoms with Gasteiger partial charge in [-0.1, -0.05) is 44.0 Å². The maximum Gasteiger partial charge on any atom is 0.339 e. The number of fused-ring (bicyclic) bond motifs is 7. The van der Waals surface area contributed by atoms with Gasteiger partial charge in [-0.25, -0.2) is 4.79 Å². The molecule has 1 heterocycles. The van der Waals surface area contributed by atoms with Crippen molar-refractivity contribution in [2.24, 2.45) is 46.3 Å². The molecular weight excluding hydrogens is 539 g/mol. The van der Waals surface area contributed by atoms with Gasteiger partial charge in [0.15, 0.2) is 0 Å². The lowest BCUT2D eigenvalue weighted by Crippen LogP contribution is -2.57. The van der Waals surface area contributed by atoms with Gasteiger partial charge in [0.05, 0.1) is 12.4 Å². The third kappa shape index (κ3) is 5.04. The van der Waals surface area contributed by atoms with Crippen LogP contribution in [0.3, 0.4) is 0 Å². The maximum atomic E-state index is 14.1. The Morgan fingerprint density at radius 1 is 1.13 bits per heavy atom. The first-order valence-corrected chi connectivity index (χ1v) is 15.7.